The molecule has 4 heteroatoms. The van der Waals surface area contributed by atoms with Crippen LogP contribution in [0, 0.1) is 11.3 Å². The van der Waals surface area contributed by atoms with Crippen LogP contribution in [0.4, 0.5) is 0 Å². The van der Waals surface area contributed by atoms with E-state index < -0.39 is 0 Å². The largest absolute Gasteiger partial charge is 0.462 e. The minimum absolute atomic E-state index is 0.0895. The van der Waals surface area contributed by atoms with Gasteiger partial charge in [-0.2, -0.15) is 5.26 Å². The molecule has 0 N–H and O–H groups in total. The third kappa shape index (κ3) is 6.12. The Labute approximate surface area is 79.1 Å². The Hall–Kier alpha value is -1.08. The lowest BCUT2D eigenvalue weighted by Gasteiger charge is -2.16. The molecule has 0 fully saturated rings. The SMILES string of the molecule is CCN(CC#N)CC(=O)OC(C)C. The molecule has 0 aliphatic rings. The highest BCUT2D eigenvalue weighted by Crippen LogP contribution is 1.93. The standard InChI is InChI=1S/C9H16N2O2/c1-4-11(6-5-10)7-9(12)13-8(2)3/h8H,4,6-7H2,1-3H3. The molecule has 0 saturated heterocycles. The molecule has 0 atom stereocenters. The third-order valence-electron chi connectivity index (χ3n) is 1.46. The van der Waals surface area contributed by atoms with Gasteiger partial charge in [-0.1, -0.05) is 6.92 Å². The number of carbonyl (C=O) groups excluding carboxylic acids is 1. The zero-order valence-electron chi connectivity index (χ0n) is 8.41. The van der Waals surface area contributed by atoms with Crippen LogP contribution in [-0.2, 0) is 9.53 Å². The highest BCUT2D eigenvalue weighted by molar-refractivity contribution is 5.71. The van der Waals surface area contributed by atoms with E-state index in [0.717, 1.165) is 0 Å². The predicted molar refractivity (Wildman–Crippen MR) is 49.0 cm³/mol. The third-order valence-corrected chi connectivity index (χ3v) is 1.46. The van der Waals surface area contributed by atoms with Gasteiger partial charge < -0.3 is 4.74 Å². The monoisotopic (exact) mass is 184 g/mol. The molecule has 4 nitrogen and oxygen atoms in total. The Morgan fingerprint density at radius 2 is 2.23 bits per heavy atom. The molecule has 0 spiro atoms. The average molecular weight is 184 g/mol. The smallest absolute Gasteiger partial charge is 0.320 e. The second-order valence-corrected chi connectivity index (χ2v) is 3.00. The van der Waals surface area contributed by atoms with E-state index in [-0.39, 0.29) is 25.2 Å². The maximum absolute atomic E-state index is 11.1. The number of hydrogen-bond donors (Lipinski definition) is 0. The maximum atomic E-state index is 11.1. The summed E-state index contributed by atoms with van der Waals surface area (Å²) in [6.07, 6.45) is -0.0895. The molecule has 0 radical (unpaired) electrons. The van der Waals surface area contributed by atoms with E-state index in [1.165, 1.54) is 0 Å². The van der Waals surface area contributed by atoms with Crippen molar-refractivity contribution >= 4 is 5.97 Å². The molecule has 0 bridgehead atoms. The molecule has 0 amide bonds. The normalized spacial score (nSPS) is 10.2. The van der Waals surface area contributed by atoms with Crippen LogP contribution in [0.2, 0.25) is 0 Å². The molecule has 0 rings (SSSR count). The Kier molecular flexibility index (Phi) is 5.90. The van der Waals surface area contributed by atoms with Crippen molar-refractivity contribution in [2.75, 3.05) is 19.6 Å². The average Bonchev–Trinajstić information content (AvgIpc) is 2.02. The lowest BCUT2D eigenvalue weighted by Crippen LogP contribution is -2.32. The molecule has 0 aliphatic carbocycles. The number of hydrogen-bond acceptors (Lipinski definition) is 4. The lowest BCUT2D eigenvalue weighted by atomic mass is 10.4. The fraction of sp³-hybridized carbons (Fsp3) is 0.778. The highest BCUT2D eigenvalue weighted by Gasteiger charge is 2.10. The molecule has 0 heterocycles. The summed E-state index contributed by atoms with van der Waals surface area (Å²) >= 11 is 0. The zero-order chi connectivity index (χ0) is 10.3. The van der Waals surface area contributed by atoms with E-state index in [0.29, 0.717) is 6.54 Å². The first-order valence-electron chi connectivity index (χ1n) is 4.39. The Bertz CT molecular complexity index is 196. The fourth-order valence-electron chi connectivity index (χ4n) is 0.862. The van der Waals surface area contributed by atoms with Crippen molar-refractivity contribution in [2.45, 2.75) is 26.9 Å². The molecule has 0 aromatic carbocycles. The molecular formula is C9H16N2O2. The van der Waals surface area contributed by atoms with Gasteiger partial charge in [0.1, 0.15) is 0 Å². The Balaban J connectivity index is 3.81. The maximum Gasteiger partial charge on any atom is 0.320 e. The summed E-state index contributed by atoms with van der Waals surface area (Å²) in [7, 11) is 0. The summed E-state index contributed by atoms with van der Waals surface area (Å²) in [5.74, 6) is -0.271. The van der Waals surface area contributed by atoms with Crippen LogP contribution in [0.5, 0.6) is 0 Å². The van der Waals surface area contributed by atoms with Crippen molar-refractivity contribution in [3.8, 4) is 6.07 Å². The molecule has 0 aromatic heterocycles. The van der Waals surface area contributed by atoms with Gasteiger partial charge in [0.05, 0.1) is 25.3 Å². The summed E-state index contributed by atoms with van der Waals surface area (Å²) in [5.41, 5.74) is 0. The second kappa shape index (κ2) is 6.44. The van der Waals surface area contributed by atoms with Crippen LogP contribution in [0.3, 0.4) is 0 Å². The van der Waals surface area contributed by atoms with Crippen molar-refractivity contribution in [3.63, 3.8) is 0 Å². The van der Waals surface area contributed by atoms with Crippen LogP contribution in [-0.4, -0.2) is 36.6 Å². The summed E-state index contributed by atoms with van der Waals surface area (Å²) in [6.45, 7) is 6.66. The minimum atomic E-state index is -0.271. The van der Waals surface area contributed by atoms with Gasteiger partial charge in [-0.05, 0) is 20.4 Å². The molecule has 0 unspecified atom stereocenters. The first-order chi connectivity index (χ1) is 6.10. The topological polar surface area (TPSA) is 53.3 Å². The number of ether oxygens (including phenoxy) is 1. The molecular weight excluding hydrogens is 168 g/mol. The van der Waals surface area contributed by atoms with Gasteiger partial charge >= 0.3 is 5.97 Å². The van der Waals surface area contributed by atoms with E-state index in [1.54, 1.807) is 18.7 Å². The molecule has 13 heavy (non-hydrogen) atoms. The Morgan fingerprint density at radius 3 is 2.62 bits per heavy atom. The zero-order valence-corrected chi connectivity index (χ0v) is 8.41. The first-order valence-corrected chi connectivity index (χ1v) is 4.39. The summed E-state index contributed by atoms with van der Waals surface area (Å²) in [5, 5.41) is 8.42. The number of carbonyl (C=O) groups is 1. The van der Waals surface area contributed by atoms with Crippen LogP contribution >= 0.6 is 0 Å². The number of likely N-dealkylation sites (N-methyl/N-ethyl adjacent to an activating group) is 1. The van der Waals surface area contributed by atoms with Crippen LogP contribution in [0.1, 0.15) is 20.8 Å². The van der Waals surface area contributed by atoms with Crippen LogP contribution < -0.4 is 0 Å². The van der Waals surface area contributed by atoms with Gasteiger partial charge in [0, 0.05) is 0 Å². The summed E-state index contributed by atoms with van der Waals surface area (Å²) < 4.78 is 4.94. The second-order valence-electron chi connectivity index (χ2n) is 3.00. The van der Waals surface area contributed by atoms with Gasteiger partial charge in [-0.3, -0.25) is 9.69 Å². The molecule has 0 aromatic rings. The predicted octanol–water partition coefficient (Wildman–Crippen LogP) is 0.783. The van der Waals surface area contributed by atoms with Gasteiger partial charge in [0.25, 0.3) is 0 Å². The van der Waals surface area contributed by atoms with Gasteiger partial charge in [0.15, 0.2) is 0 Å². The van der Waals surface area contributed by atoms with E-state index in [1.807, 2.05) is 13.0 Å². The van der Waals surface area contributed by atoms with Crippen LogP contribution in [0.15, 0.2) is 0 Å². The van der Waals surface area contributed by atoms with Gasteiger partial charge in [-0.15, -0.1) is 0 Å². The minimum Gasteiger partial charge on any atom is -0.462 e. The molecule has 0 saturated carbocycles. The quantitative estimate of drug-likeness (QED) is 0.468. The number of rotatable bonds is 5. The number of esters is 1. The van der Waals surface area contributed by atoms with E-state index >= 15 is 0 Å². The summed E-state index contributed by atoms with van der Waals surface area (Å²) in [4.78, 5) is 12.9. The summed E-state index contributed by atoms with van der Waals surface area (Å²) in [6, 6.07) is 2.00. The van der Waals surface area contributed by atoms with E-state index in [4.69, 9.17) is 10.00 Å². The molecule has 0 aliphatic heterocycles. The lowest BCUT2D eigenvalue weighted by molar-refractivity contribution is -0.148. The number of nitriles is 1. The van der Waals surface area contributed by atoms with Gasteiger partial charge in [-0.25, -0.2) is 0 Å². The molecule has 74 valence electrons. The number of nitrogens with zero attached hydrogens (tertiary/aromatic N) is 2. The first kappa shape index (κ1) is 11.9. The van der Waals surface area contributed by atoms with Crippen molar-refractivity contribution in [3.05, 3.63) is 0 Å². The van der Waals surface area contributed by atoms with E-state index in [9.17, 15) is 4.79 Å². The van der Waals surface area contributed by atoms with Crippen LogP contribution in [0.25, 0.3) is 0 Å². The Morgan fingerprint density at radius 1 is 1.62 bits per heavy atom. The van der Waals surface area contributed by atoms with Crippen molar-refractivity contribution in [1.29, 1.82) is 5.26 Å². The van der Waals surface area contributed by atoms with Crippen molar-refractivity contribution in [1.82, 2.24) is 4.90 Å². The highest BCUT2D eigenvalue weighted by atomic mass is 16.5. The van der Waals surface area contributed by atoms with Crippen molar-refractivity contribution < 1.29 is 9.53 Å². The fourth-order valence-corrected chi connectivity index (χ4v) is 0.862. The van der Waals surface area contributed by atoms with E-state index in [2.05, 4.69) is 0 Å². The van der Waals surface area contributed by atoms with Gasteiger partial charge in [0.2, 0.25) is 0 Å². The van der Waals surface area contributed by atoms with Crippen molar-refractivity contribution in [2.24, 2.45) is 0 Å².